The van der Waals surface area contributed by atoms with Gasteiger partial charge in [-0.1, -0.05) is 30.3 Å². The number of nitrogens with one attached hydrogen (secondary N) is 1. The number of methoxy groups -OCH3 is 2. The van der Waals surface area contributed by atoms with Gasteiger partial charge >= 0.3 is 0 Å². The van der Waals surface area contributed by atoms with E-state index in [1.807, 2.05) is 48.5 Å². The number of benzene rings is 2. The number of aromatic nitrogens is 3. The van der Waals surface area contributed by atoms with Crippen LogP contribution in [0.2, 0.25) is 0 Å². The van der Waals surface area contributed by atoms with Crippen LogP contribution in [0.1, 0.15) is 17.0 Å². The summed E-state index contributed by atoms with van der Waals surface area (Å²) in [5.74, 6) is 2.06. The molecule has 128 valence electrons. The molecule has 1 aromatic heterocycles. The van der Waals surface area contributed by atoms with Gasteiger partial charge in [0.05, 0.1) is 20.4 Å². The second kappa shape index (κ2) is 7.76. The monoisotopic (exact) mass is 354 g/mol. The third-order valence-electron chi connectivity index (χ3n) is 3.65. The second-order valence-corrected chi connectivity index (χ2v) is 5.66. The maximum absolute atomic E-state index is 5.31. The quantitative estimate of drug-likeness (QED) is 0.544. The molecule has 0 fully saturated rings. The molecule has 0 unspecified atom stereocenters. The molecule has 0 aliphatic heterocycles. The number of rotatable bonds is 6. The van der Waals surface area contributed by atoms with Gasteiger partial charge in [0.15, 0.2) is 17.3 Å². The van der Waals surface area contributed by atoms with Gasteiger partial charge in [-0.2, -0.15) is 14.9 Å². The first kappa shape index (κ1) is 16.9. The molecular weight excluding hydrogens is 336 g/mol. The lowest BCUT2D eigenvalue weighted by Crippen LogP contribution is -2.00. The summed E-state index contributed by atoms with van der Waals surface area (Å²) < 4.78 is 12.6. The van der Waals surface area contributed by atoms with E-state index < -0.39 is 0 Å². The number of nitrogens with zero attached hydrogens (tertiary/aromatic N) is 3. The SMILES string of the molecule is COc1ccc(/C=N\n2c(Cc3ccccc3)n[nH]c2=S)cc1OC. The van der Waals surface area contributed by atoms with Crippen LogP contribution in [0, 0.1) is 4.77 Å². The molecule has 7 heteroatoms. The van der Waals surface area contributed by atoms with Crippen molar-refractivity contribution in [3.05, 3.63) is 70.3 Å². The van der Waals surface area contributed by atoms with Crippen LogP contribution >= 0.6 is 12.2 Å². The highest BCUT2D eigenvalue weighted by Gasteiger charge is 2.07. The first-order valence-corrected chi connectivity index (χ1v) is 8.08. The van der Waals surface area contributed by atoms with Crippen molar-refractivity contribution in [3.63, 3.8) is 0 Å². The highest BCUT2D eigenvalue weighted by Crippen LogP contribution is 2.26. The lowest BCUT2D eigenvalue weighted by atomic mass is 10.1. The van der Waals surface area contributed by atoms with Gasteiger partial charge in [-0.3, -0.25) is 5.10 Å². The van der Waals surface area contributed by atoms with Gasteiger partial charge in [0.1, 0.15) is 0 Å². The average Bonchev–Trinajstić information content (AvgIpc) is 3.00. The van der Waals surface area contributed by atoms with E-state index in [0.29, 0.717) is 22.7 Å². The lowest BCUT2D eigenvalue weighted by molar-refractivity contribution is 0.355. The van der Waals surface area contributed by atoms with Crippen molar-refractivity contribution in [1.29, 1.82) is 0 Å². The van der Waals surface area contributed by atoms with E-state index in [1.54, 1.807) is 25.1 Å². The van der Waals surface area contributed by atoms with Crippen molar-refractivity contribution in [2.45, 2.75) is 6.42 Å². The summed E-state index contributed by atoms with van der Waals surface area (Å²) in [6.45, 7) is 0. The third-order valence-corrected chi connectivity index (χ3v) is 3.92. The summed E-state index contributed by atoms with van der Waals surface area (Å²) in [6, 6.07) is 15.6. The lowest BCUT2D eigenvalue weighted by Gasteiger charge is -2.07. The maximum Gasteiger partial charge on any atom is 0.216 e. The van der Waals surface area contributed by atoms with Crippen molar-refractivity contribution >= 4 is 18.4 Å². The number of hydrogen-bond acceptors (Lipinski definition) is 5. The van der Waals surface area contributed by atoms with Crippen molar-refractivity contribution < 1.29 is 9.47 Å². The van der Waals surface area contributed by atoms with Crippen LogP contribution in [0.3, 0.4) is 0 Å². The summed E-state index contributed by atoms with van der Waals surface area (Å²) in [5, 5.41) is 11.5. The van der Waals surface area contributed by atoms with Gasteiger partial charge in [-0.15, -0.1) is 0 Å². The minimum atomic E-state index is 0.447. The van der Waals surface area contributed by atoms with Crippen molar-refractivity contribution in [2.24, 2.45) is 5.10 Å². The summed E-state index contributed by atoms with van der Waals surface area (Å²) in [4.78, 5) is 0. The number of aromatic amines is 1. The van der Waals surface area contributed by atoms with Crippen molar-refractivity contribution in [2.75, 3.05) is 14.2 Å². The Balaban J connectivity index is 1.87. The summed E-state index contributed by atoms with van der Waals surface area (Å²) in [5.41, 5.74) is 2.01. The first-order chi connectivity index (χ1) is 12.2. The zero-order valence-corrected chi connectivity index (χ0v) is 14.8. The zero-order chi connectivity index (χ0) is 17.6. The molecule has 0 saturated heterocycles. The van der Waals surface area contributed by atoms with Crippen LogP contribution in [0.5, 0.6) is 11.5 Å². The van der Waals surface area contributed by atoms with Gasteiger partial charge in [0.25, 0.3) is 0 Å². The Kier molecular flexibility index (Phi) is 5.25. The third kappa shape index (κ3) is 3.95. The highest BCUT2D eigenvalue weighted by molar-refractivity contribution is 7.71. The number of H-pyrrole nitrogens is 1. The molecule has 2 aromatic carbocycles. The van der Waals surface area contributed by atoms with Gasteiger partial charge in [-0.25, -0.2) is 0 Å². The van der Waals surface area contributed by atoms with Crippen LogP contribution < -0.4 is 9.47 Å². The number of ether oxygens (including phenoxy) is 2. The Bertz CT molecular complexity index is 932. The van der Waals surface area contributed by atoms with Crippen molar-refractivity contribution in [1.82, 2.24) is 14.9 Å². The Morgan fingerprint density at radius 2 is 1.88 bits per heavy atom. The van der Waals surface area contributed by atoms with E-state index in [9.17, 15) is 0 Å². The molecule has 1 heterocycles. The maximum atomic E-state index is 5.31. The van der Waals surface area contributed by atoms with Gasteiger partial charge in [-0.05, 0) is 41.5 Å². The highest BCUT2D eigenvalue weighted by atomic mass is 32.1. The predicted molar refractivity (Wildman–Crippen MR) is 99.2 cm³/mol. The van der Waals surface area contributed by atoms with Gasteiger partial charge in [0.2, 0.25) is 4.77 Å². The van der Waals surface area contributed by atoms with E-state index >= 15 is 0 Å². The Morgan fingerprint density at radius 1 is 1.12 bits per heavy atom. The molecule has 0 radical (unpaired) electrons. The van der Waals surface area contributed by atoms with E-state index in [0.717, 1.165) is 17.0 Å². The van der Waals surface area contributed by atoms with E-state index in [-0.39, 0.29) is 0 Å². The summed E-state index contributed by atoms with van der Waals surface area (Å²) >= 11 is 5.28. The molecule has 6 nitrogen and oxygen atoms in total. The zero-order valence-electron chi connectivity index (χ0n) is 14.0. The summed E-state index contributed by atoms with van der Waals surface area (Å²) in [6.07, 6.45) is 2.35. The second-order valence-electron chi connectivity index (χ2n) is 5.28. The smallest absolute Gasteiger partial charge is 0.216 e. The summed E-state index contributed by atoms with van der Waals surface area (Å²) in [7, 11) is 3.20. The largest absolute Gasteiger partial charge is 0.493 e. The van der Waals surface area contributed by atoms with Gasteiger partial charge in [0, 0.05) is 6.42 Å². The topological polar surface area (TPSA) is 64.4 Å². The molecule has 1 N–H and O–H groups in total. The fourth-order valence-electron chi connectivity index (χ4n) is 2.39. The molecule has 0 atom stereocenters. The van der Waals surface area contributed by atoms with E-state index in [4.69, 9.17) is 21.7 Å². The normalized spacial score (nSPS) is 11.0. The van der Waals surface area contributed by atoms with Crippen LogP contribution in [-0.2, 0) is 6.42 Å². The molecule has 3 rings (SSSR count). The Morgan fingerprint density at radius 3 is 2.60 bits per heavy atom. The number of hydrogen-bond donors (Lipinski definition) is 1. The molecular formula is C18H18N4O2S. The Labute approximate surface area is 150 Å². The van der Waals surface area contributed by atoms with E-state index in [1.165, 1.54) is 0 Å². The molecule has 3 aromatic rings. The Hall–Kier alpha value is -2.93. The fraction of sp³-hybridized carbons (Fsp3) is 0.167. The van der Waals surface area contributed by atoms with Crippen LogP contribution in [0.15, 0.2) is 53.6 Å². The van der Waals surface area contributed by atoms with Crippen molar-refractivity contribution in [3.8, 4) is 11.5 Å². The van der Waals surface area contributed by atoms with Crippen LogP contribution in [0.25, 0.3) is 0 Å². The molecule has 25 heavy (non-hydrogen) atoms. The van der Waals surface area contributed by atoms with Crippen LogP contribution in [-0.4, -0.2) is 35.3 Å². The predicted octanol–water partition coefficient (Wildman–Crippen LogP) is 3.43. The standard InChI is InChI=1S/C18H18N4O2S/c1-23-15-9-8-14(10-16(15)24-2)12-19-22-17(20-21-18(22)25)11-13-6-4-3-5-7-13/h3-10,12H,11H2,1-2H3,(H,21,25)/b19-12-. The average molecular weight is 354 g/mol. The molecule has 0 saturated carbocycles. The van der Waals surface area contributed by atoms with Crippen LogP contribution in [0.4, 0.5) is 0 Å². The molecule has 0 bridgehead atoms. The minimum Gasteiger partial charge on any atom is -0.493 e. The molecule has 0 amide bonds. The molecule has 0 spiro atoms. The fourth-order valence-corrected chi connectivity index (χ4v) is 2.59. The molecule has 0 aliphatic rings. The van der Waals surface area contributed by atoms with Gasteiger partial charge < -0.3 is 9.47 Å². The molecule has 0 aliphatic carbocycles. The first-order valence-electron chi connectivity index (χ1n) is 7.68. The minimum absolute atomic E-state index is 0.447. The van der Waals surface area contributed by atoms with E-state index in [2.05, 4.69) is 15.3 Å².